The summed E-state index contributed by atoms with van der Waals surface area (Å²) in [7, 11) is 0. The molecule has 0 aromatic heterocycles. The molecule has 0 radical (unpaired) electrons. The van der Waals surface area contributed by atoms with Crippen molar-refractivity contribution in [3.05, 3.63) is 0 Å². The van der Waals surface area contributed by atoms with Crippen LogP contribution >= 0.6 is 0 Å². The molecular formula is C9H20O2. The van der Waals surface area contributed by atoms with E-state index in [1.54, 1.807) is 0 Å². The monoisotopic (exact) mass is 160 g/mol. The summed E-state index contributed by atoms with van der Waals surface area (Å²) in [5.74, 6) is 0.263. The summed E-state index contributed by atoms with van der Waals surface area (Å²) >= 11 is 0. The second-order valence-electron chi connectivity index (χ2n) is 3.25. The van der Waals surface area contributed by atoms with Crippen molar-refractivity contribution >= 4 is 0 Å². The molecule has 0 aromatic carbocycles. The minimum atomic E-state index is -0.629. The van der Waals surface area contributed by atoms with Gasteiger partial charge in [0.1, 0.15) is 0 Å². The standard InChI is InChI=1S/C9H20O2/c1-5-9(10,8(3)4)7-11-6-2/h8,10H,5-7H2,1-4H3. The molecule has 0 fully saturated rings. The third-order valence-electron chi connectivity index (χ3n) is 2.24. The molecule has 11 heavy (non-hydrogen) atoms. The molecule has 1 unspecified atom stereocenters. The van der Waals surface area contributed by atoms with Crippen LogP contribution < -0.4 is 0 Å². The molecule has 2 nitrogen and oxygen atoms in total. The molecule has 1 atom stereocenters. The fourth-order valence-corrected chi connectivity index (χ4v) is 0.956. The van der Waals surface area contributed by atoms with E-state index in [-0.39, 0.29) is 5.92 Å². The van der Waals surface area contributed by atoms with Crippen LogP contribution in [-0.4, -0.2) is 23.9 Å². The number of hydrogen-bond donors (Lipinski definition) is 1. The first-order valence-corrected chi connectivity index (χ1v) is 4.37. The lowest BCUT2D eigenvalue weighted by molar-refractivity contribution is -0.0762. The number of aliphatic hydroxyl groups is 1. The van der Waals surface area contributed by atoms with E-state index < -0.39 is 5.60 Å². The van der Waals surface area contributed by atoms with E-state index >= 15 is 0 Å². The van der Waals surface area contributed by atoms with Crippen LogP contribution in [0.4, 0.5) is 0 Å². The molecule has 0 bridgehead atoms. The van der Waals surface area contributed by atoms with Crippen LogP contribution in [0.1, 0.15) is 34.1 Å². The van der Waals surface area contributed by atoms with Crippen molar-refractivity contribution in [3.8, 4) is 0 Å². The van der Waals surface area contributed by atoms with Crippen molar-refractivity contribution in [2.24, 2.45) is 5.92 Å². The Balaban J connectivity index is 3.88. The molecule has 0 amide bonds. The van der Waals surface area contributed by atoms with Crippen molar-refractivity contribution in [3.63, 3.8) is 0 Å². The largest absolute Gasteiger partial charge is 0.387 e. The van der Waals surface area contributed by atoms with Crippen LogP contribution in [0.3, 0.4) is 0 Å². The van der Waals surface area contributed by atoms with Crippen LogP contribution in [0.15, 0.2) is 0 Å². The molecular weight excluding hydrogens is 140 g/mol. The Morgan fingerprint density at radius 3 is 2.18 bits per heavy atom. The molecule has 0 aromatic rings. The normalized spacial score (nSPS) is 16.9. The first kappa shape index (κ1) is 10.9. The molecule has 1 N–H and O–H groups in total. The summed E-state index contributed by atoms with van der Waals surface area (Å²) in [5, 5.41) is 9.90. The fourth-order valence-electron chi connectivity index (χ4n) is 0.956. The van der Waals surface area contributed by atoms with Crippen LogP contribution in [0, 0.1) is 5.92 Å². The Bertz CT molecular complexity index is 102. The van der Waals surface area contributed by atoms with Gasteiger partial charge >= 0.3 is 0 Å². The second kappa shape index (κ2) is 4.73. The molecule has 68 valence electrons. The van der Waals surface area contributed by atoms with E-state index in [2.05, 4.69) is 0 Å². The lowest BCUT2D eigenvalue weighted by Crippen LogP contribution is -2.39. The van der Waals surface area contributed by atoms with Gasteiger partial charge in [0.05, 0.1) is 12.2 Å². The van der Waals surface area contributed by atoms with Gasteiger partial charge in [-0.3, -0.25) is 0 Å². The number of ether oxygens (including phenoxy) is 1. The molecule has 0 rings (SSSR count). The van der Waals surface area contributed by atoms with Crippen LogP contribution in [0.2, 0.25) is 0 Å². The Kier molecular flexibility index (Phi) is 4.69. The maximum Gasteiger partial charge on any atom is 0.0900 e. The maximum atomic E-state index is 9.90. The third-order valence-corrected chi connectivity index (χ3v) is 2.24. The highest BCUT2D eigenvalue weighted by molar-refractivity contribution is 4.79. The van der Waals surface area contributed by atoms with Gasteiger partial charge in [0.15, 0.2) is 0 Å². The first-order chi connectivity index (χ1) is 5.06. The lowest BCUT2D eigenvalue weighted by Gasteiger charge is -2.30. The van der Waals surface area contributed by atoms with Gasteiger partial charge in [0.2, 0.25) is 0 Å². The Hall–Kier alpha value is -0.0800. The van der Waals surface area contributed by atoms with E-state index in [0.717, 1.165) is 6.42 Å². The first-order valence-electron chi connectivity index (χ1n) is 4.37. The quantitative estimate of drug-likeness (QED) is 0.664. The van der Waals surface area contributed by atoms with Crippen molar-refractivity contribution in [2.75, 3.05) is 13.2 Å². The van der Waals surface area contributed by atoms with Gasteiger partial charge in [-0.2, -0.15) is 0 Å². The summed E-state index contributed by atoms with van der Waals surface area (Å²) < 4.78 is 5.20. The lowest BCUT2D eigenvalue weighted by atomic mass is 9.89. The van der Waals surface area contributed by atoms with Crippen LogP contribution in [0.5, 0.6) is 0 Å². The van der Waals surface area contributed by atoms with E-state index in [9.17, 15) is 5.11 Å². The number of hydrogen-bond acceptors (Lipinski definition) is 2. The molecule has 2 heteroatoms. The molecule has 0 aliphatic rings. The minimum absolute atomic E-state index is 0.263. The average molecular weight is 160 g/mol. The highest BCUT2D eigenvalue weighted by atomic mass is 16.5. The predicted octanol–water partition coefficient (Wildman–Crippen LogP) is 1.82. The Labute approximate surface area is 69.6 Å². The molecule has 0 saturated heterocycles. The van der Waals surface area contributed by atoms with Gasteiger partial charge in [0, 0.05) is 6.61 Å². The smallest absolute Gasteiger partial charge is 0.0900 e. The minimum Gasteiger partial charge on any atom is -0.387 e. The van der Waals surface area contributed by atoms with Gasteiger partial charge in [-0.25, -0.2) is 0 Å². The summed E-state index contributed by atoms with van der Waals surface area (Å²) in [6.45, 7) is 9.09. The summed E-state index contributed by atoms with van der Waals surface area (Å²) in [5.41, 5.74) is -0.629. The summed E-state index contributed by atoms with van der Waals surface area (Å²) in [6.07, 6.45) is 0.755. The predicted molar refractivity (Wildman–Crippen MR) is 46.6 cm³/mol. The zero-order valence-corrected chi connectivity index (χ0v) is 8.05. The Morgan fingerprint density at radius 2 is 1.91 bits per heavy atom. The maximum absolute atomic E-state index is 9.90. The average Bonchev–Trinajstić information content (AvgIpc) is 2.00. The van der Waals surface area contributed by atoms with Crippen molar-refractivity contribution < 1.29 is 9.84 Å². The zero-order chi connectivity index (χ0) is 8.91. The van der Waals surface area contributed by atoms with Gasteiger partial charge < -0.3 is 9.84 Å². The van der Waals surface area contributed by atoms with E-state index in [1.807, 2.05) is 27.7 Å². The highest BCUT2D eigenvalue weighted by Gasteiger charge is 2.28. The van der Waals surface area contributed by atoms with E-state index in [4.69, 9.17) is 4.74 Å². The van der Waals surface area contributed by atoms with Gasteiger partial charge in [-0.05, 0) is 19.3 Å². The fraction of sp³-hybridized carbons (Fsp3) is 1.00. The van der Waals surface area contributed by atoms with Gasteiger partial charge in [0.25, 0.3) is 0 Å². The molecule has 0 saturated carbocycles. The van der Waals surface area contributed by atoms with Gasteiger partial charge in [-0.1, -0.05) is 20.8 Å². The second-order valence-corrected chi connectivity index (χ2v) is 3.25. The highest BCUT2D eigenvalue weighted by Crippen LogP contribution is 2.20. The van der Waals surface area contributed by atoms with Crippen molar-refractivity contribution in [2.45, 2.75) is 39.7 Å². The summed E-state index contributed by atoms with van der Waals surface area (Å²) in [6, 6.07) is 0. The topological polar surface area (TPSA) is 29.5 Å². The van der Waals surface area contributed by atoms with E-state index in [1.165, 1.54) is 0 Å². The SMILES string of the molecule is CCOCC(O)(CC)C(C)C. The Morgan fingerprint density at radius 1 is 1.36 bits per heavy atom. The van der Waals surface area contributed by atoms with Crippen molar-refractivity contribution in [1.82, 2.24) is 0 Å². The number of rotatable bonds is 5. The molecule has 0 aliphatic carbocycles. The van der Waals surface area contributed by atoms with E-state index in [0.29, 0.717) is 13.2 Å². The third kappa shape index (κ3) is 3.21. The van der Waals surface area contributed by atoms with Crippen molar-refractivity contribution in [1.29, 1.82) is 0 Å². The summed E-state index contributed by atoms with van der Waals surface area (Å²) in [4.78, 5) is 0. The van der Waals surface area contributed by atoms with Crippen LogP contribution in [0.25, 0.3) is 0 Å². The molecule has 0 spiro atoms. The van der Waals surface area contributed by atoms with Gasteiger partial charge in [-0.15, -0.1) is 0 Å². The van der Waals surface area contributed by atoms with Crippen LogP contribution in [-0.2, 0) is 4.74 Å². The molecule has 0 heterocycles. The zero-order valence-electron chi connectivity index (χ0n) is 8.05. The molecule has 0 aliphatic heterocycles.